The zero-order chi connectivity index (χ0) is 15.5. The van der Waals surface area contributed by atoms with Crippen molar-refractivity contribution in [2.24, 2.45) is 5.41 Å². The van der Waals surface area contributed by atoms with Crippen LogP contribution in [0.3, 0.4) is 0 Å². The maximum absolute atomic E-state index is 12.3. The molecule has 1 saturated heterocycles. The van der Waals surface area contributed by atoms with Crippen LogP contribution in [0.4, 0.5) is 0 Å². The summed E-state index contributed by atoms with van der Waals surface area (Å²) < 4.78 is 5.10. The van der Waals surface area contributed by atoms with Gasteiger partial charge in [-0.15, -0.1) is 11.6 Å². The van der Waals surface area contributed by atoms with Crippen LogP contribution in [0.1, 0.15) is 24.4 Å². The number of carbonyl (C=O) groups is 2. The van der Waals surface area contributed by atoms with E-state index in [-0.39, 0.29) is 11.7 Å². The summed E-state index contributed by atoms with van der Waals surface area (Å²) in [6.07, 6.45) is 1.50. The summed E-state index contributed by atoms with van der Waals surface area (Å²) in [5.41, 5.74) is -0.534. The second kappa shape index (κ2) is 6.62. The van der Waals surface area contributed by atoms with Gasteiger partial charge in [0.1, 0.15) is 0 Å². The van der Waals surface area contributed by atoms with Crippen LogP contribution >= 0.6 is 11.6 Å². The molecule has 0 atom stereocenters. The molecule has 5 nitrogen and oxygen atoms in total. The molecule has 2 rings (SSSR count). The molecule has 0 spiro atoms. The Balaban J connectivity index is 1.83. The van der Waals surface area contributed by atoms with Crippen LogP contribution in [0.25, 0.3) is 0 Å². The van der Waals surface area contributed by atoms with E-state index < -0.39 is 5.41 Å². The standard InChI is InChI=1S/C15H21ClN2O3/c1-15(2,11-16)14(20)18-7-5-17(6-8-18)10-12(19)13-4-3-9-21-13/h3-4,9H,5-8,10-11H2,1-2H3. The molecule has 6 heteroatoms. The monoisotopic (exact) mass is 312 g/mol. The van der Waals surface area contributed by atoms with Gasteiger partial charge in [0.2, 0.25) is 11.7 Å². The first kappa shape index (κ1) is 16.0. The molecule has 2 heterocycles. The molecule has 0 N–H and O–H groups in total. The first-order valence-electron chi connectivity index (χ1n) is 7.08. The topological polar surface area (TPSA) is 53.8 Å². The van der Waals surface area contributed by atoms with Crippen molar-refractivity contribution in [3.8, 4) is 0 Å². The van der Waals surface area contributed by atoms with Crippen molar-refractivity contribution < 1.29 is 14.0 Å². The zero-order valence-electron chi connectivity index (χ0n) is 12.5. The molecule has 0 unspecified atom stereocenters. The predicted octanol–water partition coefficient (Wildman–Crippen LogP) is 1.87. The first-order chi connectivity index (χ1) is 9.94. The molecule has 1 fully saturated rings. The number of carbonyl (C=O) groups excluding carboxylic acids is 2. The number of furan rings is 1. The van der Waals surface area contributed by atoms with Crippen molar-refractivity contribution in [2.75, 3.05) is 38.6 Å². The molecule has 1 aliphatic rings. The van der Waals surface area contributed by atoms with E-state index in [1.165, 1.54) is 6.26 Å². The van der Waals surface area contributed by atoms with Crippen LogP contribution in [-0.4, -0.2) is 60.1 Å². The van der Waals surface area contributed by atoms with E-state index in [9.17, 15) is 9.59 Å². The van der Waals surface area contributed by atoms with Gasteiger partial charge in [-0.05, 0) is 26.0 Å². The van der Waals surface area contributed by atoms with E-state index in [0.29, 0.717) is 44.4 Å². The number of ketones is 1. The maximum atomic E-state index is 12.3. The quantitative estimate of drug-likeness (QED) is 0.615. The Morgan fingerprint density at radius 1 is 1.29 bits per heavy atom. The first-order valence-corrected chi connectivity index (χ1v) is 7.62. The van der Waals surface area contributed by atoms with Crippen molar-refractivity contribution >= 4 is 23.3 Å². The minimum absolute atomic E-state index is 0.0270. The average Bonchev–Trinajstić information content (AvgIpc) is 3.01. The van der Waals surface area contributed by atoms with E-state index in [1.807, 2.05) is 23.6 Å². The van der Waals surface area contributed by atoms with Crippen molar-refractivity contribution in [3.05, 3.63) is 24.2 Å². The number of hydrogen-bond acceptors (Lipinski definition) is 4. The van der Waals surface area contributed by atoms with Gasteiger partial charge in [0, 0.05) is 32.1 Å². The molecule has 116 valence electrons. The fraction of sp³-hybridized carbons (Fsp3) is 0.600. The molecule has 1 aromatic heterocycles. The number of amides is 1. The van der Waals surface area contributed by atoms with Crippen molar-refractivity contribution in [2.45, 2.75) is 13.8 Å². The Labute approximate surface area is 129 Å². The number of nitrogens with zero attached hydrogens (tertiary/aromatic N) is 2. The van der Waals surface area contributed by atoms with Crippen LogP contribution in [-0.2, 0) is 4.79 Å². The number of piperazine rings is 1. The third-order valence-corrected chi connectivity index (χ3v) is 4.40. The summed E-state index contributed by atoms with van der Waals surface area (Å²) in [4.78, 5) is 28.1. The largest absolute Gasteiger partial charge is 0.461 e. The van der Waals surface area contributed by atoms with Crippen LogP contribution in [0.5, 0.6) is 0 Å². The summed E-state index contributed by atoms with van der Waals surface area (Å²) in [5.74, 6) is 0.746. The molecule has 1 aromatic rings. The molecule has 0 bridgehead atoms. The Bertz CT molecular complexity index is 491. The van der Waals surface area contributed by atoms with Gasteiger partial charge in [-0.2, -0.15) is 0 Å². The SMILES string of the molecule is CC(C)(CCl)C(=O)N1CCN(CC(=O)c2ccco2)CC1. The van der Waals surface area contributed by atoms with Crippen LogP contribution in [0.2, 0.25) is 0 Å². The van der Waals surface area contributed by atoms with Gasteiger partial charge in [-0.1, -0.05) is 0 Å². The van der Waals surface area contributed by atoms with Crippen molar-refractivity contribution in [1.29, 1.82) is 0 Å². The highest BCUT2D eigenvalue weighted by Gasteiger charge is 2.33. The number of rotatable bonds is 5. The van der Waals surface area contributed by atoms with Crippen LogP contribution < -0.4 is 0 Å². The third-order valence-electron chi connectivity index (χ3n) is 3.74. The van der Waals surface area contributed by atoms with Gasteiger partial charge in [0.15, 0.2) is 5.76 Å². The van der Waals surface area contributed by atoms with E-state index in [2.05, 4.69) is 0 Å². The molecule has 1 aliphatic heterocycles. The van der Waals surface area contributed by atoms with Gasteiger partial charge < -0.3 is 9.32 Å². The lowest BCUT2D eigenvalue weighted by atomic mass is 9.94. The molecule has 0 aliphatic carbocycles. The zero-order valence-corrected chi connectivity index (χ0v) is 13.2. The lowest BCUT2D eigenvalue weighted by Crippen LogP contribution is -2.53. The summed E-state index contributed by atoms with van der Waals surface area (Å²) in [7, 11) is 0. The molecule has 0 radical (unpaired) electrons. The molecular weight excluding hydrogens is 292 g/mol. The highest BCUT2D eigenvalue weighted by atomic mass is 35.5. The smallest absolute Gasteiger partial charge is 0.229 e. The second-order valence-electron chi connectivity index (χ2n) is 5.99. The van der Waals surface area contributed by atoms with E-state index >= 15 is 0 Å². The Hall–Kier alpha value is -1.33. The molecule has 0 saturated carbocycles. The van der Waals surface area contributed by atoms with Gasteiger partial charge in [-0.3, -0.25) is 14.5 Å². The van der Waals surface area contributed by atoms with Gasteiger partial charge >= 0.3 is 0 Å². The Morgan fingerprint density at radius 3 is 2.48 bits per heavy atom. The Morgan fingerprint density at radius 2 is 1.95 bits per heavy atom. The minimum Gasteiger partial charge on any atom is -0.461 e. The average molecular weight is 313 g/mol. The second-order valence-corrected chi connectivity index (χ2v) is 6.25. The normalized spacial score (nSPS) is 17.0. The van der Waals surface area contributed by atoms with Gasteiger partial charge in [0.25, 0.3) is 0 Å². The highest BCUT2D eigenvalue weighted by Crippen LogP contribution is 2.21. The molecule has 21 heavy (non-hydrogen) atoms. The van der Waals surface area contributed by atoms with Gasteiger partial charge in [0.05, 0.1) is 18.2 Å². The maximum Gasteiger partial charge on any atom is 0.229 e. The lowest BCUT2D eigenvalue weighted by Gasteiger charge is -2.37. The van der Waals surface area contributed by atoms with Crippen LogP contribution in [0.15, 0.2) is 22.8 Å². The highest BCUT2D eigenvalue weighted by molar-refractivity contribution is 6.19. The summed E-state index contributed by atoms with van der Waals surface area (Å²) >= 11 is 5.85. The summed E-state index contributed by atoms with van der Waals surface area (Å²) in [6, 6.07) is 3.38. The Kier molecular flexibility index (Phi) is 5.06. The summed E-state index contributed by atoms with van der Waals surface area (Å²) in [6.45, 7) is 6.68. The number of Topliss-reactive ketones (excluding diaryl/α,β-unsaturated/α-hetero) is 1. The lowest BCUT2D eigenvalue weighted by molar-refractivity contribution is -0.140. The fourth-order valence-electron chi connectivity index (χ4n) is 2.31. The molecular formula is C15H21ClN2O3. The molecule has 0 aromatic carbocycles. The van der Waals surface area contributed by atoms with Crippen molar-refractivity contribution in [3.63, 3.8) is 0 Å². The summed E-state index contributed by atoms with van der Waals surface area (Å²) in [5, 5.41) is 0. The number of alkyl halides is 1. The van der Waals surface area contributed by atoms with E-state index in [1.54, 1.807) is 12.1 Å². The van der Waals surface area contributed by atoms with E-state index in [4.69, 9.17) is 16.0 Å². The molecule has 1 amide bonds. The van der Waals surface area contributed by atoms with E-state index in [0.717, 1.165) is 0 Å². The predicted molar refractivity (Wildman–Crippen MR) is 80.6 cm³/mol. The number of halogens is 1. The fourth-order valence-corrected chi connectivity index (χ4v) is 2.43. The minimum atomic E-state index is -0.534. The van der Waals surface area contributed by atoms with Gasteiger partial charge in [-0.25, -0.2) is 0 Å². The van der Waals surface area contributed by atoms with Crippen molar-refractivity contribution in [1.82, 2.24) is 9.80 Å². The third kappa shape index (κ3) is 3.86. The van der Waals surface area contributed by atoms with Crippen LogP contribution in [0, 0.1) is 5.41 Å². The number of hydrogen-bond donors (Lipinski definition) is 0.